The van der Waals surface area contributed by atoms with Gasteiger partial charge < -0.3 is 20.7 Å². The summed E-state index contributed by atoms with van der Waals surface area (Å²) < 4.78 is 5.42. The third-order valence-corrected chi connectivity index (χ3v) is 7.11. The van der Waals surface area contributed by atoms with E-state index in [1.54, 1.807) is 6.07 Å². The summed E-state index contributed by atoms with van der Waals surface area (Å²) in [5.41, 5.74) is 9.26. The van der Waals surface area contributed by atoms with Crippen molar-refractivity contribution in [2.75, 3.05) is 37.7 Å². The van der Waals surface area contributed by atoms with Crippen molar-refractivity contribution in [2.24, 2.45) is 5.73 Å². The largest absolute Gasteiger partial charge is 0.379 e. The molecule has 1 aromatic heterocycles. The highest BCUT2D eigenvalue weighted by molar-refractivity contribution is 6.43. The molecule has 1 atom stereocenters. The highest BCUT2D eigenvalue weighted by Gasteiger charge is 2.27. The number of halogens is 2. The fourth-order valence-electron chi connectivity index (χ4n) is 4.35. The van der Waals surface area contributed by atoms with Crippen molar-refractivity contribution in [1.29, 1.82) is 0 Å². The summed E-state index contributed by atoms with van der Waals surface area (Å²) >= 11 is 12.7. The van der Waals surface area contributed by atoms with Crippen molar-refractivity contribution >= 4 is 34.9 Å². The third-order valence-electron chi connectivity index (χ3n) is 6.29. The first-order valence-electron chi connectivity index (χ1n) is 11.8. The molecule has 1 amide bonds. The second-order valence-corrected chi connectivity index (χ2v) is 9.55. The Morgan fingerprint density at radius 1 is 1.29 bits per heavy atom. The number of aromatic nitrogens is 2. The fourth-order valence-corrected chi connectivity index (χ4v) is 4.74. The van der Waals surface area contributed by atoms with Crippen LogP contribution in [0.25, 0.3) is 11.3 Å². The minimum atomic E-state index is -0.255. The number of amides is 1. The normalized spacial score (nSPS) is 18.2. The smallest absolute Gasteiger partial charge is 0.274 e. The highest BCUT2D eigenvalue weighted by atomic mass is 35.5. The number of rotatable bonds is 8. The van der Waals surface area contributed by atoms with Gasteiger partial charge in [0, 0.05) is 25.3 Å². The van der Waals surface area contributed by atoms with Crippen LogP contribution in [0.2, 0.25) is 10.0 Å². The number of hydrogen-bond acceptors (Lipinski definition) is 6. The van der Waals surface area contributed by atoms with Crippen LogP contribution in [0.1, 0.15) is 48.3 Å². The van der Waals surface area contributed by atoms with Crippen LogP contribution in [-0.4, -0.2) is 54.8 Å². The summed E-state index contributed by atoms with van der Waals surface area (Å²) in [6.45, 7) is 5.23. The van der Waals surface area contributed by atoms with Gasteiger partial charge in [0.05, 0.1) is 34.1 Å². The summed E-state index contributed by atoms with van der Waals surface area (Å²) in [6, 6.07) is 5.35. The number of anilines is 1. The van der Waals surface area contributed by atoms with Gasteiger partial charge in [0.15, 0.2) is 11.5 Å². The highest BCUT2D eigenvalue weighted by Crippen LogP contribution is 2.35. The molecule has 3 heterocycles. The predicted octanol–water partition coefficient (Wildman–Crippen LogP) is 4.54. The lowest BCUT2D eigenvalue weighted by molar-refractivity contribution is 0.0925. The van der Waals surface area contributed by atoms with E-state index in [0.717, 1.165) is 45.2 Å². The van der Waals surface area contributed by atoms with Crippen molar-refractivity contribution in [1.82, 2.24) is 15.3 Å². The fraction of sp³-hybridized carbons (Fsp3) is 0.480. The number of benzene rings is 1. The van der Waals surface area contributed by atoms with E-state index in [-0.39, 0.29) is 11.9 Å². The lowest BCUT2D eigenvalue weighted by Gasteiger charge is -2.29. The van der Waals surface area contributed by atoms with Crippen LogP contribution < -0.4 is 16.0 Å². The Bertz CT molecular complexity index is 1070. The van der Waals surface area contributed by atoms with Crippen LogP contribution >= 0.6 is 23.2 Å². The Morgan fingerprint density at radius 3 is 2.85 bits per heavy atom. The first kappa shape index (κ1) is 24.9. The molecule has 3 N–H and O–H groups in total. The maximum atomic E-state index is 13.4. The number of nitrogens with one attached hydrogen (secondary N) is 1. The van der Waals surface area contributed by atoms with Gasteiger partial charge in [0.1, 0.15) is 0 Å². The van der Waals surface area contributed by atoms with Gasteiger partial charge in [-0.25, -0.2) is 9.97 Å². The average molecular weight is 504 g/mol. The Hall–Kier alpha value is -2.19. The van der Waals surface area contributed by atoms with Crippen LogP contribution in [0.5, 0.6) is 0 Å². The minimum Gasteiger partial charge on any atom is -0.379 e. The summed E-state index contributed by atoms with van der Waals surface area (Å²) in [4.78, 5) is 25.2. The zero-order valence-corrected chi connectivity index (χ0v) is 21.0. The molecule has 1 unspecified atom stereocenters. The molecule has 182 valence electrons. The third kappa shape index (κ3) is 5.71. The molecule has 34 heavy (non-hydrogen) atoms. The molecule has 2 aliphatic rings. The molecule has 0 bridgehead atoms. The number of carbonyl (C=O) groups excluding carboxylic acids is 1. The minimum absolute atomic E-state index is 0.0305. The maximum absolute atomic E-state index is 13.4. The molecular weight excluding hydrogens is 473 g/mol. The first-order chi connectivity index (χ1) is 16.5. The monoisotopic (exact) mass is 503 g/mol. The Morgan fingerprint density at radius 2 is 2.15 bits per heavy atom. The second kappa shape index (κ2) is 11.5. The predicted molar refractivity (Wildman–Crippen MR) is 137 cm³/mol. The van der Waals surface area contributed by atoms with E-state index in [0.29, 0.717) is 58.3 Å². The number of unbranched alkanes of at least 4 members (excludes halogenated alkanes) is 1. The van der Waals surface area contributed by atoms with Gasteiger partial charge in [0.25, 0.3) is 5.91 Å². The molecule has 1 fully saturated rings. The number of aryl methyl sites for hydroxylation is 1. The zero-order chi connectivity index (χ0) is 24.1. The maximum Gasteiger partial charge on any atom is 0.274 e. The van der Waals surface area contributed by atoms with Crippen molar-refractivity contribution in [3.05, 3.63) is 51.3 Å². The van der Waals surface area contributed by atoms with Crippen molar-refractivity contribution in [2.45, 2.75) is 45.1 Å². The number of nitrogens with two attached hydrogens (primary N) is 1. The van der Waals surface area contributed by atoms with Crippen LogP contribution in [0, 0.1) is 6.92 Å². The Kier molecular flexibility index (Phi) is 8.42. The van der Waals surface area contributed by atoms with Gasteiger partial charge in [0.2, 0.25) is 0 Å². The SMILES string of the molecule is Cc1nc(N2CC=C(CCCCN)CC2)c(C(=O)NC2CCOC2)nc1-c1cccc(Cl)c1Cl. The molecule has 2 aliphatic heterocycles. The van der Waals surface area contributed by atoms with E-state index in [4.69, 9.17) is 43.6 Å². The van der Waals surface area contributed by atoms with Gasteiger partial charge >= 0.3 is 0 Å². The van der Waals surface area contributed by atoms with Crippen molar-refractivity contribution < 1.29 is 9.53 Å². The molecule has 1 saturated heterocycles. The zero-order valence-electron chi connectivity index (χ0n) is 19.4. The molecule has 0 aliphatic carbocycles. The van der Waals surface area contributed by atoms with Crippen LogP contribution in [0.4, 0.5) is 5.82 Å². The van der Waals surface area contributed by atoms with E-state index in [1.807, 2.05) is 19.1 Å². The topological polar surface area (TPSA) is 93.4 Å². The van der Waals surface area contributed by atoms with E-state index < -0.39 is 0 Å². The van der Waals surface area contributed by atoms with Crippen LogP contribution in [0.3, 0.4) is 0 Å². The number of ether oxygens (including phenoxy) is 1. The standard InChI is InChI=1S/C25H31Cl2N5O2/c1-16-22(19-6-4-7-20(26)21(19)27)31-23(25(33)30-18-10-14-34-15-18)24(29-16)32-12-8-17(9-13-32)5-2-3-11-28/h4,6-8,18H,2-3,5,9-15,28H2,1H3,(H,30,33). The Labute approximate surface area is 210 Å². The molecule has 1 aromatic carbocycles. The van der Waals surface area contributed by atoms with Gasteiger partial charge in [-0.2, -0.15) is 0 Å². The summed E-state index contributed by atoms with van der Waals surface area (Å²) in [5.74, 6) is 0.336. The number of carbonyl (C=O) groups is 1. The van der Waals surface area contributed by atoms with Gasteiger partial charge in [-0.05, 0) is 51.6 Å². The Balaban J connectivity index is 1.67. The molecule has 4 rings (SSSR count). The van der Waals surface area contributed by atoms with E-state index in [9.17, 15) is 4.79 Å². The van der Waals surface area contributed by atoms with Crippen LogP contribution in [0.15, 0.2) is 29.8 Å². The van der Waals surface area contributed by atoms with E-state index in [2.05, 4.69) is 16.3 Å². The second-order valence-electron chi connectivity index (χ2n) is 8.77. The number of hydrogen-bond donors (Lipinski definition) is 2. The molecule has 0 spiro atoms. The summed E-state index contributed by atoms with van der Waals surface area (Å²) in [6.07, 6.45) is 7.17. The molecule has 7 nitrogen and oxygen atoms in total. The van der Waals surface area contributed by atoms with E-state index >= 15 is 0 Å². The molecular formula is C25H31Cl2N5O2. The van der Waals surface area contributed by atoms with Crippen molar-refractivity contribution in [3.8, 4) is 11.3 Å². The summed E-state index contributed by atoms with van der Waals surface area (Å²) in [7, 11) is 0. The number of nitrogens with zero attached hydrogens (tertiary/aromatic N) is 3. The van der Waals surface area contributed by atoms with Gasteiger partial charge in [-0.3, -0.25) is 4.79 Å². The first-order valence-corrected chi connectivity index (χ1v) is 12.6. The van der Waals surface area contributed by atoms with Crippen LogP contribution in [-0.2, 0) is 4.74 Å². The summed E-state index contributed by atoms with van der Waals surface area (Å²) in [5, 5.41) is 3.89. The lowest BCUT2D eigenvalue weighted by atomic mass is 10.0. The lowest BCUT2D eigenvalue weighted by Crippen LogP contribution is -2.38. The molecule has 2 aromatic rings. The average Bonchev–Trinajstić information content (AvgIpc) is 3.34. The van der Waals surface area contributed by atoms with Crippen molar-refractivity contribution in [3.63, 3.8) is 0 Å². The molecule has 0 saturated carbocycles. The molecule has 9 heteroatoms. The van der Waals surface area contributed by atoms with E-state index in [1.165, 1.54) is 5.57 Å². The quantitative estimate of drug-likeness (QED) is 0.405. The van der Waals surface area contributed by atoms with Gasteiger partial charge in [-0.1, -0.05) is 47.0 Å². The van der Waals surface area contributed by atoms with Gasteiger partial charge in [-0.15, -0.1) is 0 Å². The molecule has 0 radical (unpaired) electrons.